The fourth-order valence-corrected chi connectivity index (χ4v) is 2.67. The Morgan fingerprint density at radius 2 is 2.00 bits per heavy atom. The molecule has 2 amide bonds. The molecule has 27 heavy (non-hydrogen) atoms. The first-order valence-corrected chi connectivity index (χ1v) is 8.62. The molecule has 0 aromatic heterocycles. The van der Waals surface area contributed by atoms with E-state index in [1.54, 1.807) is 0 Å². The van der Waals surface area contributed by atoms with Gasteiger partial charge in [-0.1, -0.05) is 12.5 Å². The number of carbonyl (C=O) groups excluding carboxylic acids is 3. The van der Waals surface area contributed by atoms with Crippen LogP contribution in [0.1, 0.15) is 38.2 Å². The van der Waals surface area contributed by atoms with Gasteiger partial charge in [0.1, 0.15) is 6.54 Å². The van der Waals surface area contributed by atoms with Gasteiger partial charge in [0, 0.05) is 18.7 Å². The molecule has 148 valence electrons. The van der Waals surface area contributed by atoms with E-state index in [2.05, 4.69) is 5.32 Å². The highest BCUT2D eigenvalue weighted by atomic mass is 19.4. The van der Waals surface area contributed by atoms with E-state index in [0.717, 1.165) is 31.4 Å². The first-order valence-electron chi connectivity index (χ1n) is 8.62. The Labute approximate surface area is 154 Å². The Morgan fingerprint density at radius 1 is 1.26 bits per heavy atom. The van der Waals surface area contributed by atoms with Gasteiger partial charge in [-0.3, -0.25) is 14.4 Å². The van der Waals surface area contributed by atoms with E-state index >= 15 is 0 Å². The zero-order valence-electron chi connectivity index (χ0n) is 14.8. The highest BCUT2D eigenvalue weighted by Crippen LogP contribution is 2.30. The van der Waals surface area contributed by atoms with E-state index in [-0.39, 0.29) is 18.1 Å². The lowest BCUT2D eigenvalue weighted by atomic mass is 10.2. The van der Waals surface area contributed by atoms with Crippen LogP contribution in [0, 0.1) is 0 Å². The van der Waals surface area contributed by atoms with Gasteiger partial charge in [0.15, 0.2) is 6.10 Å². The van der Waals surface area contributed by atoms with Crippen molar-refractivity contribution in [3.05, 3.63) is 29.8 Å². The van der Waals surface area contributed by atoms with Crippen LogP contribution in [0.4, 0.5) is 18.9 Å². The number of esters is 1. The first kappa shape index (κ1) is 20.7. The third kappa shape index (κ3) is 6.26. The van der Waals surface area contributed by atoms with Crippen LogP contribution < -0.4 is 5.32 Å². The number of alkyl halides is 3. The van der Waals surface area contributed by atoms with E-state index < -0.39 is 29.7 Å². The first-order chi connectivity index (χ1) is 12.7. The van der Waals surface area contributed by atoms with Gasteiger partial charge in [-0.05, 0) is 38.0 Å². The van der Waals surface area contributed by atoms with Crippen LogP contribution in [0.3, 0.4) is 0 Å². The van der Waals surface area contributed by atoms with E-state index in [1.165, 1.54) is 24.0 Å². The summed E-state index contributed by atoms with van der Waals surface area (Å²) >= 11 is 0. The van der Waals surface area contributed by atoms with Crippen molar-refractivity contribution in [2.45, 2.75) is 44.9 Å². The predicted octanol–water partition coefficient (Wildman–Crippen LogP) is 2.98. The minimum Gasteiger partial charge on any atom is -0.451 e. The lowest BCUT2D eigenvalue weighted by molar-refractivity contribution is -0.156. The molecule has 6 nitrogen and oxygen atoms in total. The van der Waals surface area contributed by atoms with Crippen molar-refractivity contribution in [2.75, 3.05) is 18.4 Å². The normalized spacial score (nSPS) is 16.4. The van der Waals surface area contributed by atoms with Crippen molar-refractivity contribution in [3.8, 4) is 0 Å². The monoisotopic (exact) mass is 386 g/mol. The Morgan fingerprint density at radius 3 is 2.70 bits per heavy atom. The van der Waals surface area contributed by atoms with Crippen LogP contribution >= 0.6 is 0 Å². The molecule has 1 aromatic carbocycles. The highest BCUT2D eigenvalue weighted by molar-refractivity contribution is 5.95. The summed E-state index contributed by atoms with van der Waals surface area (Å²) in [6.45, 7) is 1.52. The number of nitrogens with one attached hydrogen (secondary N) is 1. The van der Waals surface area contributed by atoms with Crippen LogP contribution in [-0.4, -0.2) is 41.9 Å². The van der Waals surface area contributed by atoms with Gasteiger partial charge in [-0.15, -0.1) is 0 Å². The fourth-order valence-electron chi connectivity index (χ4n) is 2.67. The second-order valence-electron chi connectivity index (χ2n) is 6.33. The van der Waals surface area contributed by atoms with Crippen LogP contribution in [0.2, 0.25) is 0 Å². The average Bonchev–Trinajstić information content (AvgIpc) is 2.79. The molecule has 1 fully saturated rings. The molecule has 1 aromatic rings. The molecule has 1 atom stereocenters. The van der Waals surface area contributed by atoms with Crippen molar-refractivity contribution in [3.63, 3.8) is 0 Å². The number of anilines is 1. The van der Waals surface area contributed by atoms with Crippen molar-refractivity contribution in [1.29, 1.82) is 0 Å². The van der Waals surface area contributed by atoms with Crippen molar-refractivity contribution < 1.29 is 32.3 Å². The molecule has 1 saturated heterocycles. The Balaban J connectivity index is 1.89. The summed E-state index contributed by atoms with van der Waals surface area (Å²) < 4.78 is 43.1. The lowest BCUT2D eigenvalue weighted by Crippen LogP contribution is -2.38. The van der Waals surface area contributed by atoms with Gasteiger partial charge in [0.05, 0.1) is 5.56 Å². The molecule has 0 aliphatic carbocycles. The molecular weight excluding hydrogens is 365 g/mol. The SMILES string of the molecule is CC(OC(=O)CN1CCCCCC1=O)C(=O)Nc1cccc(C(F)(F)F)c1. The predicted molar refractivity (Wildman–Crippen MR) is 90.7 cm³/mol. The number of nitrogens with zero attached hydrogens (tertiary/aromatic N) is 1. The zero-order valence-corrected chi connectivity index (χ0v) is 14.8. The summed E-state index contributed by atoms with van der Waals surface area (Å²) in [5.74, 6) is -1.63. The van der Waals surface area contributed by atoms with E-state index in [9.17, 15) is 27.6 Å². The average molecular weight is 386 g/mol. The van der Waals surface area contributed by atoms with Crippen LogP contribution in [0.25, 0.3) is 0 Å². The highest BCUT2D eigenvalue weighted by Gasteiger charge is 2.30. The molecule has 2 rings (SSSR count). The number of ether oxygens (including phenoxy) is 1. The maximum atomic E-state index is 12.7. The topological polar surface area (TPSA) is 75.7 Å². The smallest absolute Gasteiger partial charge is 0.416 e. The number of halogens is 3. The standard InChI is InChI=1S/C18H21F3N2O4/c1-12(27-16(25)11-23-9-4-2-3-8-15(23)24)17(26)22-14-7-5-6-13(10-14)18(19,20)21/h5-7,10,12H,2-4,8-9,11H2,1H3,(H,22,26). The van der Waals surface area contributed by atoms with E-state index in [0.29, 0.717) is 13.0 Å². The van der Waals surface area contributed by atoms with Gasteiger partial charge in [0.25, 0.3) is 5.91 Å². The van der Waals surface area contributed by atoms with Crippen LogP contribution in [0.5, 0.6) is 0 Å². The maximum absolute atomic E-state index is 12.7. The number of amides is 2. The summed E-state index contributed by atoms with van der Waals surface area (Å²) in [4.78, 5) is 37.3. The van der Waals surface area contributed by atoms with Gasteiger partial charge >= 0.3 is 12.1 Å². The molecule has 1 unspecified atom stereocenters. The summed E-state index contributed by atoms with van der Waals surface area (Å²) in [5, 5.41) is 2.29. The van der Waals surface area contributed by atoms with Crippen molar-refractivity contribution in [2.24, 2.45) is 0 Å². The Hall–Kier alpha value is -2.58. The zero-order chi connectivity index (χ0) is 20.0. The number of carbonyl (C=O) groups is 3. The van der Waals surface area contributed by atoms with E-state index in [1.807, 2.05) is 0 Å². The van der Waals surface area contributed by atoms with Crippen molar-refractivity contribution >= 4 is 23.5 Å². The minimum atomic E-state index is -4.53. The molecule has 1 N–H and O–H groups in total. The number of benzene rings is 1. The molecule has 0 saturated carbocycles. The summed E-state index contributed by atoms with van der Waals surface area (Å²) in [6, 6.07) is 4.15. The van der Waals surface area contributed by atoms with Gasteiger partial charge in [-0.2, -0.15) is 13.2 Å². The summed E-state index contributed by atoms with van der Waals surface area (Å²) in [6.07, 6.45) is -2.89. The number of rotatable bonds is 5. The van der Waals surface area contributed by atoms with Gasteiger partial charge < -0.3 is 15.0 Å². The van der Waals surface area contributed by atoms with Gasteiger partial charge in [-0.25, -0.2) is 0 Å². The number of hydrogen-bond acceptors (Lipinski definition) is 4. The van der Waals surface area contributed by atoms with Gasteiger partial charge in [0.2, 0.25) is 5.91 Å². The van der Waals surface area contributed by atoms with Crippen LogP contribution in [0.15, 0.2) is 24.3 Å². The molecule has 0 bridgehead atoms. The lowest BCUT2D eigenvalue weighted by Gasteiger charge is -2.21. The number of likely N-dealkylation sites (tertiary alicyclic amines) is 1. The quantitative estimate of drug-likeness (QED) is 0.790. The molecular formula is C18H21F3N2O4. The largest absolute Gasteiger partial charge is 0.451 e. The minimum absolute atomic E-state index is 0.0552. The fraction of sp³-hybridized carbons (Fsp3) is 0.500. The second-order valence-corrected chi connectivity index (χ2v) is 6.33. The third-order valence-electron chi connectivity index (χ3n) is 4.13. The molecule has 1 aliphatic heterocycles. The van der Waals surface area contributed by atoms with Crippen molar-refractivity contribution in [1.82, 2.24) is 4.90 Å². The Kier molecular flexibility index (Phi) is 6.81. The third-order valence-corrected chi connectivity index (χ3v) is 4.13. The molecule has 0 spiro atoms. The molecule has 0 radical (unpaired) electrons. The van der Waals surface area contributed by atoms with E-state index in [4.69, 9.17) is 4.74 Å². The maximum Gasteiger partial charge on any atom is 0.416 e. The molecule has 1 aliphatic rings. The summed E-state index contributed by atoms with van der Waals surface area (Å²) in [5.41, 5.74) is -0.954. The number of hydrogen-bond donors (Lipinski definition) is 1. The molecule has 1 heterocycles. The van der Waals surface area contributed by atoms with Crippen LogP contribution in [-0.2, 0) is 25.3 Å². The second kappa shape index (κ2) is 8.88. The summed E-state index contributed by atoms with van der Waals surface area (Å²) in [7, 11) is 0. The molecule has 9 heteroatoms. The Bertz CT molecular complexity index is 706.